The maximum absolute atomic E-state index is 12.4. The fourth-order valence-corrected chi connectivity index (χ4v) is 3.05. The number of furan rings is 1. The lowest BCUT2D eigenvalue weighted by molar-refractivity contribution is -0.118. The molecule has 8 nitrogen and oxygen atoms in total. The number of ether oxygens (including phenoxy) is 1. The van der Waals surface area contributed by atoms with Crippen LogP contribution in [-0.2, 0) is 11.3 Å². The van der Waals surface area contributed by atoms with Crippen LogP contribution in [0.5, 0.6) is 5.75 Å². The largest absolute Gasteiger partial charge is 0.484 e. The quantitative estimate of drug-likeness (QED) is 0.413. The van der Waals surface area contributed by atoms with Crippen molar-refractivity contribution >= 4 is 34.9 Å². The minimum atomic E-state index is -0.376. The maximum atomic E-state index is 12.4. The van der Waals surface area contributed by atoms with E-state index in [-0.39, 0.29) is 24.2 Å². The van der Waals surface area contributed by atoms with E-state index >= 15 is 0 Å². The van der Waals surface area contributed by atoms with Crippen LogP contribution in [0.1, 0.15) is 16.1 Å². The summed E-state index contributed by atoms with van der Waals surface area (Å²) in [6.07, 6.45) is 3.03. The second kappa shape index (κ2) is 9.84. The highest BCUT2D eigenvalue weighted by Gasteiger charge is 2.11. The van der Waals surface area contributed by atoms with Crippen molar-refractivity contribution in [1.82, 2.24) is 9.78 Å². The standard InChI is InChI=1S/C23H19ClN4O4/c24-17-8-6-16(7-9-17)14-28-21(10-11-25-28)27-22(29)15-32-19-4-1-3-18(13-19)26-23(30)20-5-2-12-31-20/h1-13H,14-15H2,(H,26,30)(H,27,29). The topological polar surface area (TPSA) is 98.4 Å². The number of nitrogens with one attached hydrogen (secondary N) is 2. The first kappa shape index (κ1) is 21.2. The third kappa shape index (κ3) is 5.55. The van der Waals surface area contributed by atoms with E-state index in [4.69, 9.17) is 20.8 Å². The van der Waals surface area contributed by atoms with E-state index in [1.165, 1.54) is 6.26 Å². The van der Waals surface area contributed by atoms with Gasteiger partial charge in [-0.15, -0.1) is 0 Å². The number of benzene rings is 2. The molecule has 2 N–H and O–H groups in total. The van der Waals surface area contributed by atoms with Crippen molar-refractivity contribution in [3.05, 3.63) is 95.5 Å². The van der Waals surface area contributed by atoms with Gasteiger partial charge in [-0.05, 0) is 42.0 Å². The minimum Gasteiger partial charge on any atom is -0.484 e. The van der Waals surface area contributed by atoms with E-state index in [2.05, 4.69) is 15.7 Å². The number of carbonyl (C=O) groups is 2. The monoisotopic (exact) mass is 450 g/mol. The lowest BCUT2D eigenvalue weighted by Crippen LogP contribution is -2.22. The molecule has 0 bridgehead atoms. The Morgan fingerprint density at radius 1 is 1.03 bits per heavy atom. The molecule has 2 aromatic carbocycles. The number of rotatable bonds is 8. The Hall–Kier alpha value is -4.04. The molecule has 2 heterocycles. The van der Waals surface area contributed by atoms with E-state index in [1.807, 2.05) is 12.1 Å². The van der Waals surface area contributed by atoms with Crippen LogP contribution in [0.25, 0.3) is 0 Å². The van der Waals surface area contributed by atoms with Crippen molar-refractivity contribution in [2.75, 3.05) is 17.2 Å². The number of anilines is 2. The zero-order chi connectivity index (χ0) is 22.3. The Morgan fingerprint density at radius 2 is 1.88 bits per heavy atom. The van der Waals surface area contributed by atoms with Crippen LogP contribution in [0.4, 0.5) is 11.5 Å². The molecule has 4 rings (SSSR count). The highest BCUT2D eigenvalue weighted by Crippen LogP contribution is 2.19. The number of amides is 2. The van der Waals surface area contributed by atoms with E-state index in [0.29, 0.717) is 28.8 Å². The van der Waals surface area contributed by atoms with E-state index < -0.39 is 0 Å². The fraction of sp³-hybridized carbons (Fsp3) is 0.0870. The molecule has 0 aliphatic rings. The second-order valence-electron chi connectivity index (χ2n) is 6.80. The van der Waals surface area contributed by atoms with Gasteiger partial charge in [0.25, 0.3) is 11.8 Å². The summed E-state index contributed by atoms with van der Waals surface area (Å²) in [5, 5.41) is 10.4. The highest BCUT2D eigenvalue weighted by atomic mass is 35.5. The van der Waals surface area contributed by atoms with Crippen LogP contribution in [0.2, 0.25) is 5.02 Å². The average molecular weight is 451 g/mol. The van der Waals surface area contributed by atoms with Crippen molar-refractivity contribution in [3.63, 3.8) is 0 Å². The van der Waals surface area contributed by atoms with Gasteiger partial charge in [-0.3, -0.25) is 9.59 Å². The maximum Gasteiger partial charge on any atom is 0.291 e. The first-order valence-electron chi connectivity index (χ1n) is 9.71. The molecule has 32 heavy (non-hydrogen) atoms. The summed E-state index contributed by atoms with van der Waals surface area (Å²) in [4.78, 5) is 24.5. The first-order chi connectivity index (χ1) is 15.6. The summed E-state index contributed by atoms with van der Waals surface area (Å²) < 4.78 is 12.3. The molecular formula is C23H19ClN4O4. The van der Waals surface area contributed by atoms with Gasteiger partial charge in [0.15, 0.2) is 12.4 Å². The van der Waals surface area contributed by atoms with Crippen LogP contribution < -0.4 is 15.4 Å². The molecule has 162 valence electrons. The number of hydrogen-bond acceptors (Lipinski definition) is 5. The molecule has 0 aliphatic carbocycles. The van der Waals surface area contributed by atoms with Crippen molar-refractivity contribution < 1.29 is 18.7 Å². The summed E-state index contributed by atoms with van der Waals surface area (Å²) in [6, 6.07) is 19.1. The summed E-state index contributed by atoms with van der Waals surface area (Å²) in [5.74, 6) is 0.470. The molecule has 2 aromatic heterocycles. The predicted molar refractivity (Wildman–Crippen MR) is 120 cm³/mol. The van der Waals surface area contributed by atoms with Crippen molar-refractivity contribution in [3.8, 4) is 5.75 Å². The third-order valence-electron chi connectivity index (χ3n) is 4.44. The summed E-state index contributed by atoms with van der Waals surface area (Å²) in [6.45, 7) is 0.278. The molecule has 0 fully saturated rings. The fourth-order valence-electron chi connectivity index (χ4n) is 2.92. The van der Waals surface area contributed by atoms with Gasteiger partial charge in [-0.2, -0.15) is 5.10 Å². The first-order valence-corrected chi connectivity index (χ1v) is 10.1. The third-order valence-corrected chi connectivity index (χ3v) is 4.69. The van der Waals surface area contributed by atoms with Crippen LogP contribution in [0, 0.1) is 0 Å². The number of carbonyl (C=O) groups excluding carboxylic acids is 2. The number of aromatic nitrogens is 2. The molecule has 2 amide bonds. The predicted octanol–water partition coefficient (Wildman–Crippen LogP) is 4.45. The molecule has 0 saturated carbocycles. The van der Waals surface area contributed by atoms with E-state index in [1.54, 1.807) is 65.5 Å². The van der Waals surface area contributed by atoms with Gasteiger partial charge in [-0.1, -0.05) is 29.8 Å². The summed E-state index contributed by atoms with van der Waals surface area (Å²) in [5.41, 5.74) is 1.52. The van der Waals surface area contributed by atoms with Gasteiger partial charge in [0.05, 0.1) is 19.0 Å². The Morgan fingerprint density at radius 3 is 2.66 bits per heavy atom. The molecule has 4 aromatic rings. The molecule has 0 radical (unpaired) electrons. The van der Waals surface area contributed by atoms with Crippen molar-refractivity contribution in [2.45, 2.75) is 6.54 Å². The Bertz CT molecular complexity index is 1200. The molecule has 0 saturated heterocycles. The van der Waals surface area contributed by atoms with Gasteiger partial charge in [0, 0.05) is 22.8 Å². The second-order valence-corrected chi connectivity index (χ2v) is 7.23. The molecule has 9 heteroatoms. The lowest BCUT2D eigenvalue weighted by Gasteiger charge is -2.11. The SMILES string of the molecule is O=C(COc1cccc(NC(=O)c2ccco2)c1)Nc1ccnn1Cc1ccc(Cl)cc1. The van der Waals surface area contributed by atoms with Gasteiger partial charge in [0.2, 0.25) is 0 Å². The Balaban J connectivity index is 1.31. The number of nitrogens with zero attached hydrogens (tertiary/aromatic N) is 2. The Kier molecular flexibility index (Phi) is 6.52. The smallest absolute Gasteiger partial charge is 0.291 e. The molecule has 0 unspecified atom stereocenters. The van der Waals surface area contributed by atoms with E-state index in [0.717, 1.165) is 5.56 Å². The summed E-state index contributed by atoms with van der Waals surface area (Å²) >= 11 is 5.92. The van der Waals surface area contributed by atoms with E-state index in [9.17, 15) is 9.59 Å². The van der Waals surface area contributed by atoms with Crippen LogP contribution >= 0.6 is 11.6 Å². The zero-order valence-corrected chi connectivity index (χ0v) is 17.6. The van der Waals surface area contributed by atoms with Crippen LogP contribution in [0.15, 0.2) is 83.6 Å². The van der Waals surface area contributed by atoms with Crippen LogP contribution in [0.3, 0.4) is 0 Å². The Labute approximate surface area is 188 Å². The van der Waals surface area contributed by atoms with Gasteiger partial charge in [-0.25, -0.2) is 4.68 Å². The normalized spacial score (nSPS) is 10.5. The van der Waals surface area contributed by atoms with Gasteiger partial charge >= 0.3 is 0 Å². The minimum absolute atomic E-state index is 0.200. The van der Waals surface area contributed by atoms with Gasteiger partial charge < -0.3 is 19.8 Å². The number of halogens is 1. The van der Waals surface area contributed by atoms with Crippen LogP contribution in [-0.4, -0.2) is 28.2 Å². The summed E-state index contributed by atoms with van der Waals surface area (Å²) in [7, 11) is 0. The average Bonchev–Trinajstić information content (AvgIpc) is 3.47. The highest BCUT2D eigenvalue weighted by molar-refractivity contribution is 6.30. The molecule has 0 spiro atoms. The zero-order valence-electron chi connectivity index (χ0n) is 16.8. The molecule has 0 aliphatic heterocycles. The molecule has 0 atom stereocenters. The van der Waals surface area contributed by atoms with Crippen molar-refractivity contribution in [2.24, 2.45) is 0 Å². The lowest BCUT2D eigenvalue weighted by atomic mass is 10.2. The number of hydrogen-bond donors (Lipinski definition) is 2. The molecular weight excluding hydrogens is 432 g/mol. The van der Waals surface area contributed by atoms with Crippen molar-refractivity contribution in [1.29, 1.82) is 0 Å². The van der Waals surface area contributed by atoms with Gasteiger partial charge in [0.1, 0.15) is 11.6 Å².